The number of nitrogens with zero attached hydrogens (tertiary/aromatic N) is 2. The highest BCUT2D eigenvalue weighted by Gasteiger charge is 2.26. The van der Waals surface area contributed by atoms with Gasteiger partial charge < -0.3 is 4.90 Å². The molecule has 1 aliphatic rings. The molecule has 2 aromatic carbocycles. The number of carbonyl (C=O) groups is 1. The maximum Gasteiger partial charge on any atom is 0.240 e. The van der Waals surface area contributed by atoms with E-state index in [2.05, 4.69) is 10.8 Å². The van der Waals surface area contributed by atoms with E-state index in [0.29, 0.717) is 19.0 Å². The summed E-state index contributed by atoms with van der Waals surface area (Å²) in [5.41, 5.74) is 3.01. The zero-order chi connectivity index (χ0) is 22.0. The zero-order valence-corrected chi connectivity index (χ0v) is 19.4. The number of likely N-dealkylation sites (tertiary alicyclic amines) is 1. The number of nitrogens with one attached hydrogen (secondary N) is 1. The van der Waals surface area contributed by atoms with Crippen LogP contribution in [0, 0.1) is 13.8 Å². The third kappa shape index (κ3) is 4.97. The Morgan fingerprint density at radius 3 is 2.58 bits per heavy atom. The first-order valence-electron chi connectivity index (χ1n) is 10.5. The fourth-order valence-electron chi connectivity index (χ4n) is 3.86. The number of hydrogen-bond acceptors (Lipinski definition) is 5. The van der Waals surface area contributed by atoms with Crippen LogP contribution in [0.15, 0.2) is 47.4 Å². The fraction of sp³-hybridized carbons (Fsp3) is 0.391. The van der Waals surface area contributed by atoms with Gasteiger partial charge in [0.2, 0.25) is 15.9 Å². The van der Waals surface area contributed by atoms with Crippen LogP contribution in [0.3, 0.4) is 0 Å². The van der Waals surface area contributed by atoms with Gasteiger partial charge in [0, 0.05) is 32.0 Å². The van der Waals surface area contributed by atoms with E-state index >= 15 is 0 Å². The van der Waals surface area contributed by atoms with Crippen LogP contribution in [-0.2, 0) is 14.8 Å². The topological polar surface area (TPSA) is 79.4 Å². The largest absolute Gasteiger partial charge is 0.343 e. The molecule has 4 rings (SSSR count). The first-order valence-corrected chi connectivity index (χ1v) is 12.8. The fourth-order valence-corrected chi connectivity index (χ4v) is 6.11. The van der Waals surface area contributed by atoms with Crippen molar-refractivity contribution >= 4 is 37.5 Å². The van der Waals surface area contributed by atoms with Crippen molar-refractivity contribution in [1.82, 2.24) is 14.6 Å². The van der Waals surface area contributed by atoms with Crippen molar-refractivity contribution in [2.45, 2.75) is 43.9 Å². The molecule has 0 radical (unpaired) electrons. The van der Waals surface area contributed by atoms with Gasteiger partial charge in [-0.15, -0.1) is 11.3 Å². The van der Waals surface area contributed by atoms with Gasteiger partial charge in [0.1, 0.15) is 0 Å². The number of hydrogen-bond donors (Lipinski definition) is 1. The van der Waals surface area contributed by atoms with E-state index in [1.54, 1.807) is 29.5 Å². The molecule has 3 aromatic rings. The number of aromatic nitrogens is 1. The number of benzene rings is 2. The minimum absolute atomic E-state index is 0.00876. The Morgan fingerprint density at radius 1 is 1.13 bits per heavy atom. The Hall–Kier alpha value is -2.29. The number of piperidine rings is 1. The standard InChI is InChI=1S/C23H27N3O3S2/c1-16-7-8-19(15-17(16)2)31(28,29)24-12-9-22(27)26-13-10-18(11-14-26)23-25-20-5-3-4-6-21(20)30-23/h3-8,15,18,24H,9-14H2,1-2H3. The molecule has 0 spiro atoms. The van der Waals surface area contributed by atoms with Crippen LogP contribution in [0.4, 0.5) is 0 Å². The summed E-state index contributed by atoms with van der Waals surface area (Å²) in [5.74, 6) is 0.371. The van der Waals surface area contributed by atoms with Gasteiger partial charge in [0.15, 0.2) is 0 Å². The van der Waals surface area contributed by atoms with Gasteiger partial charge in [-0.25, -0.2) is 18.1 Å². The van der Waals surface area contributed by atoms with E-state index in [1.807, 2.05) is 36.9 Å². The number of rotatable bonds is 6. The highest BCUT2D eigenvalue weighted by molar-refractivity contribution is 7.89. The van der Waals surface area contributed by atoms with E-state index in [0.717, 1.165) is 34.5 Å². The predicted molar refractivity (Wildman–Crippen MR) is 124 cm³/mol. The van der Waals surface area contributed by atoms with Gasteiger partial charge in [-0.05, 0) is 62.1 Å². The zero-order valence-electron chi connectivity index (χ0n) is 17.8. The van der Waals surface area contributed by atoms with Crippen LogP contribution < -0.4 is 4.72 Å². The Balaban J connectivity index is 1.27. The van der Waals surface area contributed by atoms with Gasteiger partial charge >= 0.3 is 0 Å². The number of para-hydroxylation sites is 1. The van der Waals surface area contributed by atoms with Gasteiger partial charge in [-0.3, -0.25) is 4.79 Å². The van der Waals surface area contributed by atoms with E-state index in [-0.39, 0.29) is 23.8 Å². The second-order valence-electron chi connectivity index (χ2n) is 8.07. The number of aryl methyl sites for hydroxylation is 2. The molecule has 0 aliphatic carbocycles. The average Bonchev–Trinajstić information content (AvgIpc) is 3.20. The highest BCUT2D eigenvalue weighted by Crippen LogP contribution is 2.33. The second kappa shape index (κ2) is 9.06. The monoisotopic (exact) mass is 457 g/mol. The molecule has 1 N–H and O–H groups in total. The van der Waals surface area contributed by atoms with Crippen molar-refractivity contribution < 1.29 is 13.2 Å². The molecule has 1 aliphatic heterocycles. The molecule has 8 heteroatoms. The smallest absolute Gasteiger partial charge is 0.240 e. The molecule has 1 aromatic heterocycles. The van der Waals surface area contributed by atoms with Gasteiger partial charge in [0.25, 0.3) is 0 Å². The van der Waals surface area contributed by atoms with E-state index in [4.69, 9.17) is 4.98 Å². The normalized spacial score (nSPS) is 15.5. The molecule has 0 bridgehead atoms. The van der Waals surface area contributed by atoms with Crippen molar-refractivity contribution in [3.8, 4) is 0 Å². The Labute approximate surface area is 187 Å². The first kappa shape index (κ1) is 21.9. The summed E-state index contributed by atoms with van der Waals surface area (Å²) in [5, 5.41) is 1.15. The van der Waals surface area contributed by atoms with Crippen LogP contribution in [0.2, 0.25) is 0 Å². The lowest BCUT2D eigenvalue weighted by Crippen LogP contribution is -2.39. The third-order valence-corrected chi connectivity index (χ3v) is 8.58. The van der Waals surface area contributed by atoms with E-state index in [1.165, 1.54) is 4.70 Å². The molecule has 0 saturated carbocycles. The molecule has 2 heterocycles. The van der Waals surface area contributed by atoms with Crippen LogP contribution >= 0.6 is 11.3 Å². The minimum Gasteiger partial charge on any atom is -0.343 e. The predicted octanol–water partition coefficient (Wildman–Crippen LogP) is 3.99. The molecule has 6 nitrogen and oxygen atoms in total. The molecule has 0 atom stereocenters. The van der Waals surface area contributed by atoms with E-state index in [9.17, 15) is 13.2 Å². The Morgan fingerprint density at radius 2 is 1.87 bits per heavy atom. The number of amides is 1. The maximum absolute atomic E-state index is 12.6. The third-order valence-electron chi connectivity index (χ3n) is 5.93. The van der Waals surface area contributed by atoms with Gasteiger partial charge in [-0.1, -0.05) is 18.2 Å². The molecular weight excluding hydrogens is 430 g/mol. The SMILES string of the molecule is Cc1ccc(S(=O)(=O)NCCC(=O)N2CCC(c3nc4ccccc4s3)CC2)cc1C. The van der Waals surface area contributed by atoms with Crippen LogP contribution in [0.5, 0.6) is 0 Å². The van der Waals surface area contributed by atoms with Gasteiger partial charge in [0.05, 0.1) is 20.1 Å². The Bertz CT molecular complexity index is 1160. The minimum atomic E-state index is -3.61. The van der Waals surface area contributed by atoms with Crippen molar-refractivity contribution in [1.29, 1.82) is 0 Å². The molecule has 1 amide bonds. The molecule has 0 unspecified atom stereocenters. The summed E-state index contributed by atoms with van der Waals surface area (Å²) in [6.07, 6.45) is 1.94. The number of carbonyl (C=O) groups excluding carboxylic acids is 1. The summed E-state index contributed by atoms with van der Waals surface area (Å²) < 4.78 is 28.7. The van der Waals surface area contributed by atoms with Crippen molar-refractivity contribution in [2.75, 3.05) is 19.6 Å². The molecule has 31 heavy (non-hydrogen) atoms. The summed E-state index contributed by atoms with van der Waals surface area (Å²) >= 11 is 1.74. The lowest BCUT2D eigenvalue weighted by Gasteiger charge is -2.31. The molecule has 164 valence electrons. The molecule has 1 fully saturated rings. The van der Waals surface area contributed by atoms with Crippen LogP contribution in [-0.4, -0.2) is 43.8 Å². The number of sulfonamides is 1. The van der Waals surface area contributed by atoms with Crippen LogP contribution in [0.1, 0.15) is 41.3 Å². The summed E-state index contributed by atoms with van der Waals surface area (Å²) in [7, 11) is -3.61. The quantitative estimate of drug-likeness (QED) is 0.607. The first-order chi connectivity index (χ1) is 14.8. The summed E-state index contributed by atoms with van der Waals surface area (Å²) in [6, 6.07) is 13.2. The summed E-state index contributed by atoms with van der Waals surface area (Å²) in [4.78, 5) is 19.4. The molecule has 1 saturated heterocycles. The maximum atomic E-state index is 12.6. The summed E-state index contributed by atoms with van der Waals surface area (Å²) in [6.45, 7) is 5.30. The molecular formula is C23H27N3O3S2. The lowest BCUT2D eigenvalue weighted by atomic mass is 9.97. The number of thiazole rings is 1. The van der Waals surface area contributed by atoms with Crippen molar-refractivity contribution in [3.63, 3.8) is 0 Å². The lowest BCUT2D eigenvalue weighted by molar-refractivity contribution is -0.132. The van der Waals surface area contributed by atoms with Gasteiger partial charge in [-0.2, -0.15) is 0 Å². The Kier molecular flexibility index (Phi) is 6.41. The van der Waals surface area contributed by atoms with Crippen molar-refractivity contribution in [2.24, 2.45) is 0 Å². The van der Waals surface area contributed by atoms with E-state index < -0.39 is 10.0 Å². The average molecular weight is 458 g/mol. The highest BCUT2D eigenvalue weighted by atomic mass is 32.2. The number of fused-ring (bicyclic) bond motifs is 1. The van der Waals surface area contributed by atoms with Crippen LogP contribution in [0.25, 0.3) is 10.2 Å². The second-order valence-corrected chi connectivity index (χ2v) is 10.9. The van der Waals surface area contributed by atoms with Crippen molar-refractivity contribution in [3.05, 3.63) is 58.6 Å².